The minimum Gasteiger partial charge on any atom is -0.334 e. The molecular formula is C17H21ClN4O2. The van der Waals surface area contributed by atoms with Crippen LogP contribution < -0.4 is 5.32 Å². The third-order valence-corrected chi connectivity index (χ3v) is 3.91. The number of rotatable bonds is 6. The number of halogens is 1. The van der Waals surface area contributed by atoms with Crippen LogP contribution in [0.3, 0.4) is 0 Å². The molecule has 1 aromatic heterocycles. The average molecular weight is 349 g/mol. The van der Waals surface area contributed by atoms with Crippen molar-refractivity contribution in [2.24, 2.45) is 0 Å². The number of carbonyl (C=O) groups is 2. The predicted octanol–water partition coefficient (Wildman–Crippen LogP) is 3.18. The van der Waals surface area contributed by atoms with E-state index in [1.807, 2.05) is 17.7 Å². The van der Waals surface area contributed by atoms with Gasteiger partial charge in [0.1, 0.15) is 5.82 Å². The maximum atomic E-state index is 12.8. The molecule has 0 fully saturated rings. The van der Waals surface area contributed by atoms with E-state index in [9.17, 15) is 9.59 Å². The Morgan fingerprint density at radius 2 is 2.08 bits per heavy atom. The van der Waals surface area contributed by atoms with Gasteiger partial charge in [0, 0.05) is 37.4 Å². The monoisotopic (exact) mass is 348 g/mol. The van der Waals surface area contributed by atoms with Gasteiger partial charge in [0.15, 0.2) is 0 Å². The summed E-state index contributed by atoms with van der Waals surface area (Å²) in [6, 6.07) is 4.85. The zero-order chi connectivity index (χ0) is 17.7. The molecule has 7 heteroatoms. The van der Waals surface area contributed by atoms with Crippen LogP contribution in [0.1, 0.15) is 36.5 Å². The fraction of sp³-hybridized carbons (Fsp3) is 0.353. The molecule has 6 nitrogen and oxygen atoms in total. The van der Waals surface area contributed by atoms with Crippen molar-refractivity contribution in [1.82, 2.24) is 14.5 Å². The molecule has 1 aromatic carbocycles. The first-order chi connectivity index (χ1) is 11.5. The zero-order valence-electron chi connectivity index (χ0n) is 14.0. The molecular weight excluding hydrogens is 328 g/mol. The molecule has 2 aromatic rings. The first kappa shape index (κ1) is 18.0. The summed E-state index contributed by atoms with van der Waals surface area (Å²) < 4.78 is 1.98. The number of aryl methyl sites for hydroxylation is 1. The van der Waals surface area contributed by atoms with Gasteiger partial charge < -0.3 is 14.8 Å². The van der Waals surface area contributed by atoms with Crippen molar-refractivity contribution >= 4 is 29.1 Å². The van der Waals surface area contributed by atoms with E-state index in [-0.39, 0.29) is 11.8 Å². The first-order valence-corrected chi connectivity index (χ1v) is 8.18. The lowest BCUT2D eigenvalue weighted by Crippen LogP contribution is -2.28. The Bertz CT molecular complexity index is 742. The molecule has 0 spiro atoms. The lowest BCUT2D eigenvalue weighted by Gasteiger charge is -2.19. The van der Waals surface area contributed by atoms with Crippen LogP contribution in [0.4, 0.5) is 5.69 Å². The molecule has 2 amide bonds. The zero-order valence-corrected chi connectivity index (χ0v) is 14.8. The topological polar surface area (TPSA) is 67.2 Å². The second-order valence-electron chi connectivity index (χ2n) is 5.38. The third-order valence-electron chi connectivity index (χ3n) is 3.67. The van der Waals surface area contributed by atoms with E-state index in [1.54, 1.807) is 43.3 Å². The summed E-state index contributed by atoms with van der Waals surface area (Å²) in [6.07, 6.45) is 3.92. The highest BCUT2D eigenvalue weighted by Gasteiger charge is 2.19. The molecule has 2 rings (SSSR count). The normalized spacial score (nSPS) is 10.5. The summed E-state index contributed by atoms with van der Waals surface area (Å²) in [5, 5.41) is 3.19. The maximum absolute atomic E-state index is 12.8. The van der Waals surface area contributed by atoms with Crippen molar-refractivity contribution in [2.75, 3.05) is 12.4 Å². The molecule has 0 aliphatic carbocycles. The van der Waals surface area contributed by atoms with E-state index in [1.165, 1.54) is 0 Å². The van der Waals surface area contributed by atoms with Crippen LogP contribution >= 0.6 is 11.6 Å². The van der Waals surface area contributed by atoms with Gasteiger partial charge in [-0.2, -0.15) is 0 Å². The Balaban J connectivity index is 2.23. The van der Waals surface area contributed by atoms with Crippen LogP contribution in [-0.4, -0.2) is 33.3 Å². The first-order valence-electron chi connectivity index (χ1n) is 7.81. The van der Waals surface area contributed by atoms with Gasteiger partial charge >= 0.3 is 0 Å². The Morgan fingerprint density at radius 3 is 2.75 bits per heavy atom. The molecule has 0 saturated heterocycles. The van der Waals surface area contributed by atoms with Crippen LogP contribution in [-0.2, 0) is 17.9 Å². The quantitative estimate of drug-likeness (QED) is 0.871. The largest absolute Gasteiger partial charge is 0.334 e. The van der Waals surface area contributed by atoms with Crippen LogP contribution in [0, 0.1) is 0 Å². The second kappa shape index (κ2) is 7.97. The van der Waals surface area contributed by atoms with Gasteiger partial charge in [-0.1, -0.05) is 18.5 Å². The standard InChI is InChI=1S/C17H21ClN4O2/c1-4-16(23)20-14-10-12(18)6-7-13(14)17(24)21(3)11-15-19-8-9-22(15)5-2/h6-10H,4-5,11H2,1-3H3,(H,20,23). The molecule has 24 heavy (non-hydrogen) atoms. The molecule has 1 N–H and O–H groups in total. The van der Waals surface area contributed by atoms with Crippen molar-refractivity contribution in [3.8, 4) is 0 Å². The van der Waals surface area contributed by atoms with Gasteiger partial charge in [0.2, 0.25) is 5.91 Å². The Morgan fingerprint density at radius 1 is 1.33 bits per heavy atom. The fourth-order valence-corrected chi connectivity index (χ4v) is 2.49. The molecule has 0 saturated carbocycles. The minimum atomic E-state index is -0.205. The highest BCUT2D eigenvalue weighted by atomic mass is 35.5. The fourth-order valence-electron chi connectivity index (χ4n) is 2.31. The van der Waals surface area contributed by atoms with Crippen molar-refractivity contribution in [1.29, 1.82) is 0 Å². The number of nitrogens with zero attached hydrogens (tertiary/aromatic N) is 3. The summed E-state index contributed by atoms with van der Waals surface area (Å²) in [7, 11) is 1.71. The van der Waals surface area contributed by atoms with Gasteiger partial charge in [0.05, 0.1) is 17.8 Å². The van der Waals surface area contributed by atoms with E-state index in [4.69, 9.17) is 11.6 Å². The van der Waals surface area contributed by atoms with Crippen LogP contribution in [0.15, 0.2) is 30.6 Å². The third kappa shape index (κ3) is 4.14. The van der Waals surface area contributed by atoms with Gasteiger partial charge in [-0.3, -0.25) is 9.59 Å². The lowest BCUT2D eigenvalue weighted by molar-refractivity contribution is -0.115. The average Bonchev–Trinajstić information content (AvgIpc) is 3.01. The smallest absolute Gasteiger partial charge is 0.256 e. The number of imidazole rings is 1. The van der Waals surface area contributed by atoms with Crippen molar-refractivity contribution in [2.45, 2.75) is 33.4 Å². The SMILES string of the molecule is CCC(=O)Nc1cc(Cl)ccc1C(=O)N(C)Cc1nccn1CC. The number of benzene rings is 1. The molecule has 0 unspecified atom stereocenters. The van der Waals surface area contributed by atoms with Gasteiger partial charge in [-0.25, -0.2) is 4.98 Å². The van der Waals surface area contributed by atoms with Crippen molar-refractivity contribution in [3.63, 3.8) is 0 Å². The molecule has 0 bridgehead atoms. The summed E-state index contributed by atoms with van der Waals surface area (Å²) in [6.45, 7) is 4.93. The predicted molar refractivity (Wildman–Crippen MR) is 94.1 cm³/mol. The maximum Gasteiger partial charge on any atom is 0.256 e. The lowest BCUT2D eigenvalue weighted by atomic mass is 10.1. The summed E-state index contributed by atoms with van der Waals surface area (Å²) >= 11 is 5.99. The number of aromatic nitrogens is 2. The Hall–Kier alpha value is -2.34. The molecule has 0 atom stereocenters. The minimum absolute atomic E-state index is 0.171. The van der Waals surface area contributed by atoms with Gasteiger partial charge in [-0.05, 0) is 25.1 Å². The highest BCUT2D eigenvalue weighted by molar-refractivity contribution is 6.31. The van der Waals surface area contributed by atoms with E-state index in [2.05, 4.69) is 10.3 Å². The van der Waals surface area contributed by atoms with Crippen molar-refractivity contribution in [3.05, 3.63) is 47.0 Å². The molecule has 0 radical (unpaired) electrons. The van der Waals surface area contributed by atoms with Gasteiger partial charge in [-0.15, -0.1) is 0 Å². The van der Waals surface area contributed by atoms with Gasteiger partial charge in [0.25, 0.3) is 5.91 Å². The van der Waals surface area contributed by atoms with E-state index >= 15 is 0 Å². The van der Waals surface area contributed by atoms with Crippen LogP contribution in [0.25, 0.3) is 0 Å². The molecule has 0 aliphatic heterocycles. The van der Waals surface area contributed by atoms with Crippen LogP contribution in [0.5, 0.6) is 0 Å². The summed E-state index contributed by atoms with van der Waals surface area (Å²) in [5.41, 5.74) is 0.823. The number of amides is 2. The van der Waals surface area contributed by atoms with Crippen LogP contribution in [0.2, 0.25) is 5.02 Å². The number of anilines is 1. The number of carbonyl (C=O) groups excluding carboxylic acids is 2. The Labute approximate surface area is 146 Å². The number of hydrogen-bond donors (Lipinski definition) is 1. The highest BCUT2D eigenvalue weighted by Crippen LogP contribution is 2.23. The Kier molecular flexibility index (Phi) is 5.98. The van der Waals surface area contributed by atoms with Crippen molar-refractivity contribution < 1.29 is 9.59 Å². The molecule has 1 heterocycles. The summed E-state index contributed by atoms with van der Waals surface area (Å²) in [4.78, 5) is 30.3. The van der Waals surface area contributed by atoms with E-state index < -0.39 is 0 Å². The second-order valence-corrected chi connectivity index (χ2v) is 5.82. The molecule has 0 aliphatic rings. The number of hydrogen-bond acceptors (Lipinski definition) is 3. The number of nitrogens with one attached hydrogen (secondary N) is 1. The van der Waals surface area contributed by atoms with E-state index in [0.717, 1.165) is 12.4 Å². The molecule has 128 valence electrons. The van der Waals surface area contributed by atoms with E-state index in [0.29, 0.717) is 29.2 Å². The summed E-state index contributed by atoms with van der Waals surface area (Å²) in [5.74, 6) is 0.431.